The molecule has 146 valence electrons. The summed E-state index contributed by atoms with van der Waals surface area (Å²) >= 11 is 5.92. The minimum atomic E-state index is 0. The predicted molar refractivity (Wildman–Crippen MR) is 124 cm³/mol. The molecule has 0 amide bonds. The lowest BCUT2D eigenvalue weighted by Crippen LogP contribution is -2.37. The first kappa shape index (κ1) is 21.8. The first-order chi connectivity index (χ1) is 12.7. The van der Waals surface area contributed by atoms with E-state index in [1.807, 2.05) is 24.4 Å². The lowest BCUT2D eigenvalue weighted by Gasteiger charge is -2.17. The highest BCUT2D eigenvalue weighted by Crippen LogP contribution is 2.18. The molecule has 2 N–H and O–H groups in total. The molecule has 0 radical (unpaired) electrons. The Morgan fingerprint density at radius 3 is 2.56 bits per heavy atom. The molecule has 1 aliphatic heterocycles. The number of nitrogens with one attached hydrogen (secondary N) is 2. The van der Waals surface area contributed by atoms with Gasteiger partial charge in [-0.15, -0.1) is 24.0 Å². The van der Waals surface area contributed by atoms with E-state index in [9.17, 15) is 0 Å². The van der Waals surface area contributed by atoms with E-state index in [0.29, 0.717) is 0 Å². The van der Waals surface area contributed by atoms with Crippen LogP contribution in [0.25, 0.3) is 0 Å². The van der Waals surface area contributed by atoms with Gasteiger partial charge < -0.3 is 15.5 Å². The largest absolute Gasteiger partial charge is 0.357 e. The minimum absolute atomic E-state index is 0. The molecular weight excluding hydrogens is 473 g/mol. The molecule has 7 heteroatoms. The molecule has 27 heavy (non-hydrogen) atoms. The van der Waals surface area contributed by atoms with Crippen molar-refractivity contribution in [3.63, 3.8) is 0 Å². The maximum Gasteiger partial charge on any atom is 0.191 e. The van der Waals surface area contributed by atoms with Crippen LogP contribution in [0.1, 0.15) is 24.0 Å². The van der Waals surface area contributed by atoms with Crippen LogP contribution in [-0.4, -0.2) is 37.6 Å². The van der Waals surface area contributed by atoms with E-state index in [2.05, 4.69) is 43.7 Å². The highest BCUT2D eigenvalue weighted by atomic mass is 127. The van der Waals surface area contributed by atoms with E-state index in [0.717, 1.165) is 49.4 Å². The fourth-order valence-corrected chi connectivity index (χ4v) is 3.20. The molecule has 0 saturated carbocycles. The second kappa shape index (κ2) is 11.3. The Bertz CT molecular complexity index is 729. The van der Waals surface area contributed by atoms with Crippen molar-refractivity contribution in [2.45, 2.75) is 25.8 Å². The van der Waals surface area contributed by atoms with Gasteiger partial charge in [0, 0.05) is 44.4 Å². The number of guanidine groups is 1. The van der Waals surface area contributed by atoms with Crippen LogP contribution in [-0.2, 0) is 13.0 Å². The van der Waals surface area contributed by atoms with Gasteiger partial charge in [0.15, 0.2) is 5.96 Å². The topological polar surface area (TPSA) is 52.6 Å². The van der Waals surface area contributed by atoms with Gasteiger partial charge in [-0.1, -0.05) is 23.7 Å². The maximum absolute atomic E-state index is 5.92. The van der Waals surface area contributed by atoms with Crippen LogP contribution in [0, 0.1) is 0 Å². The molecule has 1 fully saturated rings. The van der Waals surface area contributed by atoms with Gasteiger partial charge in [0.2, 0.25) is 0 Å². The molecule has 3 rings (SSSR count). The Balaban J connectivity index is 0.00000261. The normalized spacial score (nSPS) is 14.0. The van der Waals surface area contributed by atoms with Crippen molar-refractivity contribution in [2.75, 3.05) is 31.6 Å². The Morgan fingerprint density at radius 2 is 1.85 bits per heavy atom. The molecule has 1 aliphatic rings. The zero-order chi connectivity index (χ0) is 18.2. The lowest BCUT2D eigenvalue weighted by molar-refractivity contribution is 0.793. The molecular formula is C20H27ClIN5. The molecule has 0 bridgehead atoms. The molecule has 0 atom stereocenters. The Labute approximate surface area is 183 Å². The zero-order valence-electron chi connectivity index (χ0n) is 15.6. The van der Waals surface area contributed by atoms with Crippen molar-refractivity contribution in [1.82, 2.24) is 15.6 Å². The van der Waals surface area contributed by atoms with Gasteiger partial charge in [0.1, 0.15) is 5.82 Å². The average Bonchev–Trinajstić information content (AvgIpc) is 3.21. The van der Waals surface area contributed by atoms with Crippen molar-refractivity contribution < 1.29 is 0 Å². The summed E-state index contributed by atoms with van der Waals surface area (Å²) < 4.78 is 0. The first-order valence-electron chi connectivity index (χ1n) is 9.13. The molecule has 0 aliphatic carbocycles. The standard InChI is InChI=1S/C20H26ClN5.HI/c1-22-20(24-11-8-16-4-6-18(21)7-5-16)25-15-17-9-10-23-19(14-17)26-12-2-3-13-26;/h4-7,9-10,14H,2-3,8,11-13,15H2,1H3,(H2,22,24,25);1H. The van der Waals surface area contributed by atoms with Crippen molar-refractivity contribution >= 4 is 47.4 Å². The summed E-state index contributed by atoms with van der Waals surface area (Å²) in [6.07, 6.45) is 5.33. The fraction of sp³-hybridized carbons (Fsp3) is 0.400. The zero-order valence-corrected chi connectivity index (χ0v) is 18.7. The third-order valence-corrected chi connectivity index (χ3v) is 4.79. The summed E-state index contributed by atoms with van der Waals surface area (Å²) in [4.78, 5) is 11.1. The van der Waals surface area contributed by atoms with Gasteiger partial charge >= 0.3 is 0 Å². The quantitative estimate of drug-likeness (QED) is 0.360. The fourth-order valence-electron chi connectivity index (χ4n) is 3.07. The van der Waals surface area contributed by atoms with E-state index >= 15 is 0 Å². The van der Waals surface area contributed by atoms with Gasteiger partial charge in [0.05, 0.1) is 0 Å². The summed E-state index contributed by atoms with van der Waals surface area (Å²) in [6.45, 7) is 3.76. The van der Waals surface area contributed by atoms with Crippen LogP contribution in [0.2, 0.25) is 5.02 Å². The number of anilines is 1. The number of benzene rings is 1. The second-order valence-corrected chi connectivity index (χ2v) is 6.88. The van der Waals surface area contributed by atoms with Crippen LogP contribution in [0.5, 0.6) is 0 Å². The van der Waals surface area contributed by atoms with Crippen LogP contribution in [0.4, 0.5) is 5.82 Å². The Morgan fingerprint density at radius 1 is 1.11 bits per heavy atom. The highest BCUT2D eigenvalue weighted by molar-refractivity contribution is 14.0. The van der Waals surface area contributed by atoms with E-state index in [4.69, 9.17) is 11.6 Å². The Hall–Kier alpha value is -1.54. The van der Waals surface area contributed by atoms with Crippen LogP contribution in [0.15, 0.2) is 47.6 Å². The Kier molecular flexibility index (Phi) is 9.14. The number of hydrogen-bond donors (Lipinski definition) is 2. The summed E-state index contributed by atoms with van der Waals surface area (Å²) in [7, 11) is 1.79. The number of pyridine rings is 1. The number of halogens is 2. The van der Waals surface area contributed by atoms with E-state index < -0.39 is 0 Å². The molecule has 1 aromatic heterocycles. The lowest BCUT2D eigenvalue weighted by atomic mass is 10.1. The van der Waals surface area contributed by atoms with Gasteiger partial charge in [-0.3, -0.25) is 4.99 Å². The van der Waals surface area contributed by atoms with Gasteiger partial charge in [-0.25, -0.2) is 4.98 Å². The van der Waals surface area contributed by atoms with E-state index in [1.165, 1.54) is 24.0 Å². The highest BCUT2D eigenvalue weighted by Gasteiger charge is 2.13. The number of aromatic nitrogens is 1. The smallest absolute Gasteiger partial charge is 0.191 e. The second-order valence-electron chi connectivity index (χ2n) is 6.45. The predicted octanol–water partition coefficient (Wildman–Crippen LogP) is 3.86. The van der Waals surface area contributed by atoms with Crippen LogP contribution >= 0.6 is 35.6 Å². The molecule has 5 nitrogen and oxygen atoms in total. The molecule has 1 saturated heterocycles. The first-order valence-corrected chi connectivity index (χ1v) is 9.51. The average molecular weight is 500 g/mol. The minimum Gasteiger partial charge on any atom is -0.357 e. The summed E-state index contributed by atoms with van der Waals surface area (Å²) in [5.74, 6) is 1.88. The van der Waals surface area contributed by atoms with E-state index in [1.54, 1.807) is 7.05 Å². The van der Waals surface area contributed by atoms with Crippen molar-refractivity contribution in [2.24, 2.45) is 4.99 Å². The van der Waals surface area contributed by atoms with Crippen molar-refractivity contribution in [3.8, 4) is 0 Å². The molecule has 2 aromatic rings. The maximum atomic E-state index is 5.92. The number of rotatable bonds is 6. The monoisotopic (exact) mass is 499 g/mol. The van der Waals surface area contributed by atoms with Crippen LogP contribution < -0.4 is 15.5 Å². The van der Waals surface area contributed by atoms with Crippen LogP contribution in [0.3, 0.4) is 0 Å². The molecule has 1 aromatic carbocycles. The number of hydrogen-bond acceptors (Lipinski definition) is 3. The van der Waals surface area contributed by atoms with Gasteiger partial charge in [-0.2, -0.15) is 0 Å². The summed E-state index contributed by atoms with van der Waals surface area (Å²) in [5.41, 5.74) is 2.46. The molecule has 2 heterocycles. The SMILES string of the molecule is CN=C(NCCc1ccc(Cl)cc1)NCc1ccnc(N2CCCC2)c1.I. The van der Waals surface area contributed by atoms with E-state index in [-0.39, 0.29) is 24.0 Å². The summed E-state index contributed by atoms with van der Waals surface area (Å²) in [5, 5.41) is 7.49. The number of nitrogens with zero attached hydrogens (tertiary/aromatic N) is 3. The van der Waals surface area contributed by atoms with Crippen molar-refractivity contribution in [3.05, 3.63) is 58.7 Å². The third kappa shape index (κ3) is 6.84. The number of aliphatic imine (C=N–C) groups is 1. The summed E-state index contributed by atoms with van der Waals surface area (Å²) in [6, 6.07) is 12.2. The third-order valence-electron chi connectivity index (χ3n) is 4.54. The van der Waals surface area contributed by atoms with Gasteiger partial charge in [0.25, 0.3) is 0 Å². The van der Waals surface area contributed by atoms with Gasteiger partial charge in [-0.05, 0) is 54.7 Å². The van der Waals surface area contributed by atoms with Crippen molar-refractivity contribution in [1.29, 1.82) is 0 Å². The molecule has 0 spiro atoms. The molecule has 0 unspecified atom stereocenters.